The van der Waals surface area contributed by atoms with E-state index >= 15 is 0 Å². The molecular formula is C32H40N2O3. The van der Waals surface area contributed by atoms with Gasteiger partial charge in [-0.25, -0.2) is 0 Å². The zero-order chi connectivity index (χ0) is 26.8. The predicted molar refractivity (Wildman–Crippen MR) is 152 cm³/mol. The van der Waals surface area contributed by atoms with Crippen LogP contribution in [0.3, 0.4) is 0 Å². The zero-order valence-electron chi connectivity index (χ0n) is 22.5. The first kappa shape index (κ1) is 28.0. The van der Waals surface area contributed by atoms with Gasteiger partial charge < -0.3 is 15.7 Å². The monoisotopic (exact) mass is 500 g/mol. The van der Waals surface area contributed by atoms with Crippen molar-refractivity contribution in [1.82, 2.24) is 5.32 Å². The molecule has 3 aromatic carbocycles. The minimum Gasteiger partial charge on any atom is -0.481 e. The standard InChI is InChI=1S/C32H40N2O3/c1-5-6-7-29(34-28-18-14-26(15-19-28)31(37)33-21-20-30(35)36)22-23-8-10-24(11-9-23)25-12-16-27(17-13-25)32(2,3)4/h8-19,29,34H,5-7,20-22H2,1-4H3,(H,33,37)(H,35,36)/t29-/m1/s1. The Morgan fingerprint density at radius 3 is 2.00 bits per heavy atom. The van der Waals surface area contributed by atoms with Crippen molar-refractivity contribution in [3.63, 3.8) is 0 Å². The van der Waals surface area contributed by atoms with Crippen LogP contribution >= 0.6 is 0 Å². The van der Waals surface area contributed by atoms with Crippen LogP contribution in [0.25, 0.3) is 11.1 Å². The van der Waals surface area contributed by atoms with Gasteiger partial charge in [0.25, 0.3) is 5.91 Å². The molecule has 0 radical (unpaired) electrons. The van der Waals surface area contributed by atoms with Crippen LogP contribution in [0.2, 0.25) is 0 Å². The van der Waals surface area contributed by atoms with Gasteiger partial charge in [-0.3, -0.25) is 9.59 Å². The molecule has 0 aromatic heterocycles. The van der Waals surface area contributed by atoms with E-state index in [0.29, 0.717) is 5.56 Å². The van der Waals surface area contributed by atoms with Gasteiger partial charge in [0.2, 0.25) is 0 Å². The molecule has 0 aliphatic rings. The van der Waals surface area contributed by atoms with Crippen LogP contribution in [0.4, 0.5) is 5.69 Å². The van der Waals surface area contributed by atoms with Gasteiger partial charge in [0.1, 0.15) is 0 Å². The average Bonchev–Trinajstić information content (AvgIpc) is 2.87. The lowest BCUT2D eigenvalue weighted by Crippen LogP contribution is -2.26. The summed E-state index contributed by atoms with van der Waals surface area (Å²) in [5.74, 6) is -1.19. The quantitative estimate of drug-likeness (QED) is 0.249. The van der Waals surface area contributed by atoms with E-state index in [4.69, 9.17) is 5.11 Å². The van der Waals surface area contributed by atoms with Crippen molar-refractivity contribution >= 4 is 17.6 Å². The fourth-order valence-electron chi connectivity index (χ4n) is 4.29. The first-order valence-electron chi connectivity index (χ1n) is 13.2. The van der Waals surface area contributed by atoms with Crippen LogP contribution in [-0.4, -0.2) is 29.6 Å². The fraction of sp³-hybridized carbons (Fsp3) is 0.375. The molecule has 0 spiro atoms. The number of hydrogen-bond acceptors (Lipinski definition) is 3. The van der Waals surface area contributed by atoms with Gasteiger partial charge in [0, 0.05) is 23.8 Å². The summed E-state index contributed by atoms with van der Waals surface area (Å²) in [5.41, 5.74) is 6.72. The van der Waals surface area contributed by atoms with Gasteiger partial charge in [0.05, 0.1) is 6.42 Å². The molecule has 0 saturated carbocycles. The van der Waals surface area contributed by atoms with Crippen LogP contribution in [0.5, 0.6) is 0 Å². The van der Waals surface area contributed by atoms with E-state index in [2.05, 4.69) is 86.9 Å². The van der Waals surface area contributed by atoms with Crippen molar-refractivity contribution in [3.05, 3.63) is 89.5 Å². The average molecular weight is 501 g/mol. The normalized spacial score (nSPS) is 12.1. The molecule has 1 amide bonds. The number of rotatable bonds is 12. The van der Waals surface area contributed by atoms with E-state index in [0.717, 1.165) is 31.4 Å². The molecule has 0 saturated heterocycles. The van der Waals surface area contributed by atoms with E-state index in [1.807, 2.05) is 12.1 Å². The van der Waals surface area contributed by atoms with E-state index < -0.39 is 5.97 Å². The van der Waals surface area contributed by atoms with Crippen LogP contribution in [0.1, 0.15) is 74.9 Å². The summed E-state index contributed by atoms with van der Waals surface area (Å²) < 4.78 is 0. The number of hydrogen-bond donors (Lipinski definition) is 3. The Morgan fingerprint density at radius 1 is 0.865 bits per heavy atom. The molecule has 0 heterocycles. The van der Waals surface area contributed by atoms with E-state index in [9.17, 15) is 9.59 Å². The smallest absolute Gasteiger partial charge is 0.305 e. The maximum Gasteiger partial charge on any atom is 0.305 e. The highest BCUT2D eigenvalue weighted by Crippen LogP contribution is 2.27. The third-order valence-corrected chi connectivity index (χ3v) is 6.57. The molecule has 196 valence electrons. The number of amides is 1. The molecule has 3 aromatic rings. The Balaban J connectivity index is 1.62. The maximum atomic E-state index is 12.2. The Labute approximate surface area is 221 Å². The molecule has 3 rings (SSSR count). The number of nitrogens with one attached hydrogen (secondary N) is 2. The maximum absolute atomic E-state index is 12.2. The lowest BCUT2D eigenvalue weighted by Gasteiger charge is -2.21. The highest BCUT2D eigenvalue weighted by atomic mass is 16.4. The Hall–Kier alpha value is -3.60. The molecule has 37 heavy (non-hydrogen) atoms. The summed E-state index contributed by atoms with van der Waals surface area (Å²) in [6.45, 7) is 9.02. The first-order chi connectivity index (χ1) is 17.7. The molecule has 5 nitrogen and oxygen atoms in total. The Morgan fingerprint density at radius 2 is 1.46 bits per heavy atom. The summed E-state index contributed by atoms with van der Waals surface area (Å²) >= 11 is 0. The number of anilines is 1. The summed E-state index contributed by atoms with van der Waals surface area (Å²) in [4.78, 5) is 22.8. The minimum atomic E-state index is -0.928. The lowest BCUT2D eigenvalue weighted by molar-refractivity contribution is -0.136. The largest absolute Gasteiger partial charge is 0.481 e. The minimum absolute atomic E-state index is 0.0883. The number of benzene rings is 3. The first-order valence-corrected chi connectivity index (χ1v) is 13.2. The van der Waals surface area contributed by atoms with Crippen LogP contribution in [-0.2, 0) is 16.6 Å². The third kappa shape index (κ3) is 8.78. The molecule has 0 bridgehead atoms. The second-order valence-electron chi connectivity index (χ2n) is 10.7. The van der Waals surface area contributed by atoms with Gasteiger partial charge in [-0.2, -0.15) is 0 Å². The number of unbranched alkanes of at least 4 members (excludes halogenated alkanes) is 1. The predicted octanol–water partition coefficient (Wildman–Crippen LogP) is 7.07. The highest BCUT2D eigenvalue weighted by molar-refractivity contribution is 5.94. The summed E-state index contributed by atoms with van der Waals surface area (Å²) in [6, 6.07) is 25.4. The molecule has 0 fully saturated rings. The van der Waals surface area contributed by atoms with E-state index in [1.165, 1.54) is 22.3 Å². The summed E-state index contributed by atoms with van der Waals surface area (Å²) in [5, 5.41) is 15.0. The van der Waals surface area contributed by atoms with Crippen molar-refractivity contribution in [1.29, 1.82) is 0 Å². The molecule has 5 heteroatoms. The molecule has 1 atom stereocenters. The highest BCUT2D eigenvalue weighted by Gasteiger charge is 2.14. The molecule has 0 aliphatic heterocycles. The number of carboxylic acid groups (broad SMARTS) is 1. The molecular weight excluding hydrogens is 460 g/mol. The van der Waals surface area contributed by atoms with Gasteiger partial charge in [0.15, 0.2) is 0 Å². The number of carbonyl (C=O) groups is 2. The van der Waals surface area contributed by atoms with Crippen molar-refractivity contribution in [3.8, 4) is 11.1 Å². The third-order valence-electron chi connectivity index (χ3n) is 6.57. The zero-order valence-corrected chi connectivity index (χ0v) is 22.5. The van der Waals surface area contributed by atoms with Gasteiger partial charge >= 0.3 is 5.97 Å². The van der Waals surface area contributed by atoms with Crippen LogP contribution in [0, 0.1) is 0 Å². The van der Waals surface area contributed by atoms with Crippen molar-refractivity contribution in [2.24, 2.45) is 0 Å². The number of aliphatic carboxylic acids is 1. The van der Waals surface area contributed by atoms with E-state index in [1.54, 1.807) is 12.1 Å². The summed E-state index contributed by atoms with van der Waals surface area (Å²) in [7, 11) is 0. The SMILES string of the molecule is CCCC[C@H](Cc1ccc(-c2ccc(C(C)(C)C)cc2)cc1)Nc1ccc(C(=O)NCCC(=O)O)cc1. The van der Waals surface area contributed by atoms with Gasteiger partial charge in [-0.05, 0) is 64.8 Å². The number of carbonyl (C=O) groups excluding carboxylic acids is 1. The van der Waals surface area contributed by atoms with Crippen LogP contribution < -0.4 is 10.6 Å². The molecule has 0 aliphatic carbocycles. The van der Waals surface area contributed by atoms with Crippen molar-refractivity contribution in [2.45, 2.75) is 71.3 Å². The van der Waals surface area contributed by atoms with Gasteiger partial charge in [-0.1, -0.05) is 89.1 Å². The second-order valence-corrected chi connectivity index (χ2v) is 10.7. The van der Waals surface area contributed by atoms with Crippen molar-refractivity contribution in [2.75, 3.05) is 11.9 Å². The van der Waals surface area contributed by atoms with Crippen LogP contribution in [0.15, 0.2) is 72.8 Å². The Bertz CT molecular complexity index is 1140. The molecule has 3 N–H and O–H groups in total. The summed E-state index contributed by atoms with van der Waals surface area (Å²) in [6.07, 6.45) is 4.16. The van der Waals surface area contributed by atoms with Crippen molar-refractivity contribution < 1.29 is 14.7 Å². The Kier molecular flexibility index (Phi) is 9.90. The van der Waals surface area contributed by atoms with E-state index in [-0.39, 0.29) is 30.3 Å². The molecule has 0 unspecified atom stereocenters. The fourth-order valence-corrected chi connectivity index (χ4v) is 4.29. The van der Waals surface area contributed by atoms with Gasteiger partial charge in [-0.15, -0.1) is 0 Å². The topological polar surface area (TPSA) is 78.4 Å². The lowest BCUT2D eigenvalue weighted by atomic mass is 9.86. The number of carboxylic acids is 1. The second kappa shape index (κ2) is 13.1.